The summed E-state index contributed by atoms with van der Waals surface area (Å²) in [4.78, 5) is 12.3. The maximum absolute atomic E-state index is 13.6. The van der Waals surface area contributed by atoms with Crippen LogP contribution >= 0.6 is 11.6 Å². The molecular weight excluding hydrogens is 442 g/mol. The highest BCUT2D eigenvalue weighted by Gasteiger charge is 2.14. The van der Waals surface area contributed by atoms with Crippen molar-refractivity contribution in [3.63, 3.8) is 0 Å². The van der Waals surface area contributed by atoms with Gasteiger partial charge in [-0.2, -0.15) is 0 Å². The van der Waals surface area contributed by atoms with Crippen molar-refractivity contribution in [2.45, 2.75) is 19.3 Å². The van der Waals surface area contributed by atoms with E-state index in [1.807, 2.05) is 6.07 Å². The molecule has 166 valence electrons. The van der Waals surface area contributed by atoms with Gasteiger partial charge in [0.1, 0.15) is 22.4 Å². The van der Waals surface area contributed by atoms with E-state index in [1.165, 1.54) is 11.1 Å². The molecule has 0 radical (unpaired) electrons. The van der Waals surface area contributed by atoms with Crippen LogP contribution in [0.4, 0.5) is 8.78 Å². The van der Waals surface area contributed by atoms with Crippen LogP contribution in [-0.4, -0.2) is 5.97 Å². The summed E-state index contributed by atoms with van der Waals surface area (Å²) in [6.07, 6.45) is 0.945. The van der Waals surface area contributed by atoms with Gasteiger partial charge in [0.2, 0.25) is 0 Å². The molecule has 0 aliphatic rings. The van der Waals surface area contributed by atoms with Crippen LogP contribution in [0.25, 0.3) is 11.1 Å². The third kappa shape index (κ3) is 5.47. The molecule has 0 fully saturated rings. The molecule has 4 aromatic carbocycles. The highest BCUT2D eigenvalue weighted by molar-refractivity contribution is 6.30. The molecule has 0 heterocycles. The molecule has 0 amide bonds. The zero-order valence-electron chi connectivity index (χ0n) is 17.9. The summed E-state index contributed by atoms with van der Waals surface area (Å²) in [5, 5.41) is -0.639. The second kappa shape index (κ2) is 9.97. The Morgan fingerprint density at radius 1 is 0.848 bits per heavy atom. The van der Waals surface area contributed by atoms with E-state index in [0.29, 0.717) is 5.92 Å². The molecule has 0 aliphatic heterocycles. The summed E-state index contributed by atoms with van der Waals surface area (Å²) in [6, 6.07) is 27.3. The molecular formula is C28H21ClF2O2. The Bertz CT molecular complexity index is 1230. The molecule has 0 aliphatic carbocycles. The number of rotatable bonds is 6. The SMILES string of the molecule is C[C@H](Cc1ccc(-c2ccc(C(=O)Oc3cc(F)c(Cl)c(F)c3)cc2)cc1)c1ccccc1. The number of hydrogen-bond donors (Lipinski definition) is 0. The normalized spacial score (nSPS) is 11.8. The van der Waals surface area contributed by atoms with Crippen molar-refractivity contribution in [3.8, 4) is 16.9 Å². The van der Waals surface area contributed by atoms with Gasteiger partial charge in [0.25, 0.3) is 0 Å². The van der Waals surface area contributed by atoms with Gasteiger partial charge in [-0.15, -0.1) is 0 Å². The second-order valence-electron chi connectivity index (χ2n) is 7.88. The molecule has 0 saturated carbocycles. The minimum atomic E-state index is -0.989. The lowest BCUT2D eigenvalue weighted by Crippen LogP contribution is -2.08. The average molecular weight is 463 g/mol. The Kier molecular flexibility index (Phi) is 6.85. The number of ether oxygens (including phenoxy) is 1. The summed E-state index contributed by atoms with van der Waals surface area (Å²) >= 11 is 5.45. The van der Waals surface area contributed by atoms with E-state index in [0.717, 1.165) is 29.7 Å². The molecule has 0 spiro atoms. The van der Waals surface area contributed by atoms with Crippen LogP contribution in [0.15, 0.2) is 91.0 Å². The maximum Gasteiger partial charge on any atom is 0.343 e. The number of carbonyl (C=O) groups is 1. The number of carbonyl (C=O) groups excluding carboxylic acids is 1. The largest absolute Gasteiger partial charge is 0.423 e. The number of halogens is 3. The van der Waals surface area contributed by atoms with Gasteiger partial charge in [0.05, 0.1) is 5.56 Å². The standard InChI is InChI=1S/C28H21ClF2O2/c1-18(20-5-3-2-4-6-20)15-19-7-9-21(10-8-19)22-11-13-23(14-12-22)28(32)33-24-16-25(30)27(29)26(31)17-24/h2-14,16-18H,15H2,1H3/t18-/m1/s1. The Labute approximate surface area is 196 Å². The van der Waals surface area contributed by atoms with Crippen LogP contribution < -0.4 is 4.74 Å². The zero-order valence-corrected chi connectivity index (χ0v) is 18.7. The first-order valence-electron chi connectivity index (χ1n) is 10.5. The molecule has 4 aromatic rings. The second-order valence-corrected chi connectivity index (χ2v) is 8.26. The van der Waals surface area contributed by atoms with Crippen LogP contribution in [0.1, 0.15) is 34.3 Å². The van der Waals surface area contributed by atoms with Crippen molar-refractivity contribution in [2.75, 3.05) is 0 Å². The van der Waals surface area contributed by atoms with Gasteiger partial charge >= 0.3 is 5.97 Å². The Morgan fingerprint density at radius 3 is 1.97 bits per heavy atom. The summed E-state index contributed by atoms with van der Waals surface area (Å²) < 4.78 is 32.2. The van der Waals surface area contributed by atoms with Crippen molar-refractivity contribution >= 4 is 17.6 Å². The Morgan fingerprint density at radius 2 is 1.39 bits per heavy atom. The predicted octanol–water partition coefficient (Wildman–Crippen LogP) is 7.85. The minimum absolute atomic E-state index is 0.246. The smallest absolute Gasteiger partial charge is 0.343 e. The van der Waals surface area contributed by atoms with Crippen LogP contribution in [0.2, 0.25) is 5.02 Å². The summed E-state index contributed by atoms with van der Waals surface area (Å²) in [5.74, 6) is -2.52. The van der Waals surface area contributed by atoms with Gasteiger partial charge in [-0.1, -0.05) is 85.3 Å². The monoisotopic (exact) mass is 462 g/mol. The zero-order chi connectivity index (χ0) is 23.4. The lowest BCUT2D eigenvalue weighted by molar-refractivity contribution is 0.0734. The van der Waals surface area contributed by atoms with Gasteiger partial charge in [0.15, 0.2) is 0 Å². The Balaban J connectivity index is 1.42. The van der Waals surface area contributed by atoms with E-state index in [2.05, 4.69) is 55.5 Å². The number of esters is 1. The molecule has 0 unspecified atom stereocenters. The first-order valence-corrected chi connectivity index (χ1v) is 10.9. The molecule has 0 saturated heterocycles. The number of benzene rings is 4. The van der Waals surface area contributed by atoms with E-state index in [9.17, 15) is 13.6 Å². The minimum Gasteiger partial charge on any atom is -0.423 e. The molecule has 0 N–H and O–H groups in total. The van der Waals surface area contributed by atoms with Crippen molar-refractivity contribution in [3.05, 3.63) is 124 Å². The van der Waals surface area contributed by atoms with Gasteiger partial charge in [-0.25, -0.2) is 13.6 Å². The van der Waals surface area contributed by atoms with Gasteiger partial charge in [-0.05, 0) is 46.7 Å². The lowest BCUT2D eigenvalue weighted by Gasteiger charge is -2.12. The first-order chi connectivity index (χ1) is 15.9. The van der Waals surface area contributed by atoms with Gasteiger partial charge in [-0.3, -0.25) is 0 Å². The van der Waals surface area contributed by atoms with Crippen molar-refractivity contribution < 1.29 is 18.3 Å². The van der Waals surface area contributed by atoms with Gasteiger partial charge < -0.3 is 4.74 Å². The molecule has 2 nitrogen and oxygen atoms in total. The van der Waals surface area contributed by atoms with Crippen molar-refractivity contribution in [2.24, 2.45) is 0 Å². The van der Waals surface area contributed by atoms with E-state index < -0.39 is 22.6 Å². The van der Waals surface area contributed by atoms with Crippen molar-refractivity contribution in [1.82, 2.24) is 0 Å². The summed E-state index contributed by atoms with van der Waals surface area (Å²) in [7, 11) is 0. The fraction of sp³-hybridized carbons (Fsp3) is 0.107. The first kappa shape index (κ1) is 22.7. The van der Waals surface area contributed by atoms with Crippen LogP contribution in [0.5, 0.6) is 5.75 Å². The third-order valence-corrected chi connectivity index (χ3v) is 5.85. The molecule has 5 heteroatoms. The molecule has 0 bridgehead atoms. The third-order valence-electron chi connectivity index (χ3n) is 5.49. The van der Waals surface area contributed by atoms with E-state index >= 15 is 0 Å². The summed E-state index contributed by atoms with van der Waals surface area (Å²) in [6.45, 7) is 2.22. The predicted molar refractivity (Wildman–Crippen MR) is 127 cm³/mol. The molecule has 33 heavy (non-hydrogen) atoms. The Hall–Kier alpha value is -3.50. The van der Waals surface area contributed by atoms with Gasteiger partial charge in [0, 0.05) is 12.1 Å². The van der Waals surface area contributed by atoms with E-state index in [1.54, 1.807) is 24.3 Å². The maximum atomic E-state index is 13.6. The number of hydrogen-bond acceptors (Lipinski definition) is 2. The fourth-order valence-electron chi connectivity index (χ4n) is 3.64. The fourth-order valence-corrected chi connectivity index (χ4v) is 3.75. The summed E-state index contributed by atoms with van der Waals surface area (Å²) in [5.41, 5.74) is 4.79. The average Bonchev–Trinajstić information content (AvgIpc) is 2.83. The molecule has 0 aromatic heterocycles. The van der Waals surface area contributed by atoms with E-state index in [-0.39, 0.29) is 11.3 Å². The highest BCUT2D eigenvalue weighted by atomic mass is 35.5. The molecule has 1 atom stereocenters. The van der Waals surface area contributed by atoms with Crippen LogP contribution in [0, 0.1) is 11.6 Å². The quantitative estimate of drug-likeness (QED) is 0.166. The van der Waals surface area contributed by atoms with Crippen LogP contribution in [0.3, 0.4) is 0 Å². The highest BCUT2D eigenvalue weighted by Crippen LogP contribution is 2.27. The van der Waals surface area contributed by atoms with Crippen LogP contribution in [-0.2, 0) is 6.42 Å². The lowest BCUT2D eigenvalue weighted by atomic mass is 9.93. The van der Waals surface area contributed by atoms with Crippen molar-refractivity contribution in [1.29, 1.82) is 0 Å². The topological polar surface area (TPSA) is 26.3 Å². The molecule has 4 rings (SSSR count). The van der Waals surface area contributed by atoms with E-state index in [4.69, 9.17) is 16.3 Å².